The third-order valence-electron chi connectivity index (χ3n) is 4.44. The molecule has 0 aromatic rings. The molecule has 2 heteroatoms. The number of hydrogen-bond donors (Lipinski definition) is 2. The third kappa shape index (κ3) is 2.12. The molecule has 2 aliphatic rings. The van der Waals surface area contributed by atoms with E-state index in [-0.39, 0.29) is 6.10 Å². The number of aliphatic hydroxyl groups is 1. The van der Waals surface area contributed by atoms with E-state index in [0.717, 1.165) is 0 Å². The SMILES string of the molecule is CC(O)C1CCC2(CCNCC2)CC1. The zero-order valence-electron chi connectivity index (χ0n) is 9.26. The number of aliphatic hydroxyl groups excluding tert-OH is 1. The van der Waals surface area contributed by atoms with Gasteiger partial charge in [-0.1, -0.05) is 0 Å². The van der Waals surface area contributed by atoms with E-state index >= 15 is 0 Å². The van der Waals surface area contributed by atoms with Crippen molar-refractivity contribution in [3.05, 3.63) is 0 Å². The van der Waals surface area contributed by atoms with Crippen molar-refractivity contribution < 1.29 is 5.11 Å². The van der Waals surface area contributed by atoms with E-state index in [1.807, 2.05) is 6.92 Å². The molecule has 1 aliphatic carbocycles. The number of piperidine rings is 1. The van der Waals surface area contributed by atoms with Gasteiger partial charge in [-0.25, -0.2) is 0 Å². The maximum absolute atomic E-state index is 9.55. The minimum atomic E-state index is -0.0888. The van der Waals surface area contributed by atoms with Gasteiger partial charge in [0.25, 0.3) is 0 Å². The van der Waals surface area contributed by atoms with Gasteiger partial charge in [-0.05, 0) is 69.9 Å². The van der Waals surface area contributed by atoms with Gasteiger partial charge in [0.1, 0.15) is 0 Å². The molecule has 1 spiro atoms. The highest BCUT2D eigenvalue weighted by molar-refractivity contribution is 4.90. The molecule has 1 atom stereocenters. The first kappa shape index (κ1) is 10.4. The maximum Gasteiger partial charge on any atom is 0.0540 e. The summed E-state index contributed by atoms with van der Waals surface area (Å²) >= 11 is 0. The fraction of sp³-hybridized carbons (Fsp3) is 1.00. The Labute approximate surface area is 87.1 Å². The minimum Gasteiger partial charge on any atom is -0.393 e. The van der Waals surface area contributed by atoms with Crippen molar-refractivity contribution in [2.45, 2.75) is 51.6 Å². The van der Waals surface area contributed by atoms with Crippen molar-refractivity contribution in [3.63, 3.8) is 0 Å². The summed E-state index contributed by atoms with van der Waals surface area (Å²) in [4.78, 5) is 0. The molecule has 1 heterocycles. The third-order valence-corrected chi connectivity index (χ3v) is 4.44. The molecular weight excluding hydrogens is 174 g/mol. The van der Waals surface area contributed by atoms with Crippen LogP contribution in [0.1, 0.15) is 45.4 Å². The van der Waals surface area contributed by atoms with Crippen molar-refractivity contribution >= 4 is 0 Å². The van der Waals surface area contributed by atoms with Gasteiger partial charge in [0.15, 0.2) is 0 Å². The zero-order valence-corrected chi connectivity index (χ0v) is 9.26. The largest absolute Gasteiger partial charge is 0.393 e. The van der Waals surface area contributed by atoms with Gasteiger partial charge in [-0.2, -0.15) is 0 Å². The molecule has 1 unspecified atom stereocenters. The monoisotopic (exact) mass is 197 g/mol. The van der Waals surface area contributed by atoms with Crippen LogP contribution in [-0.2, 0) is 0 Å². The van der Waals surface area contributed by atoms with Crippen LogP contribution in [0.15, 0.2) is 0 Å². The smallest absolute Gasteiger partial charge is 0.0540 e. The van der Waals surface area contributed by atoms with Gasteiger partial charge in [0, 0.05) is 0 Å². The number of hydrogen-bond acceptors (Lipinski definition) is 2. The topological polar surface area (TPSA) is 32.3 Å². The van der Waals surface area contributed by atoms with E-state index in [4.69, 9.17) is 0 Å². The predicted octanol–water partition coefficient (Wildman–Crippen LogP) is 1.93. The van der Waals surface area contributed by atoms with Gasteiger partial charge >= 0.3 is 0 Å². The fourth-order valence-corrected chi connectivity index (χ4v) is 3.19. The second-order valence-corrected chi connectivity index (χ2v) is 5.33. The van der Waals surface area contributed by atoms with Gasteiger partial charge in [0.05, 0.1) is 6.10 Å². The van der Waals surface area contributed by atoms with Crippen molar-refractivity contribution in [3.8, 4) is 0 Å². The van der Waals surface area contributed by atoms with Crippen LogP contribution in [0.4, 0.5) is 0 Å². The molecule has 2 rings (SSSR count). The molecule has 0 bridgehead atoms. The molecule has 1 aliphatic heterocycles. The summed E-state index contributed by atoms with van der Waals surface area (Å²) in [6.45, 7) is 4.36. The Kier molecular flexibility index (Phi) is 3.13. The first-order valence-electron chi connectivity index (χ1n) is 6.11. The van der Waals surface area contributed by atoms with Gasteiger partial charge in [0.2, 0.25) is 0 Å². The highest BCUT2D eigenvalue weighted by atomic mass is 16.3. The molecule has 2 fully saturated rings. The second-order valence-electron chi connectivity index (χ2n) is 5.33. The van der Waals surface area contributed by atoms with E-state index in [2.05, 4.69) is 5.32 Å². The quantitative estimate of drug-likeness (QED) is 0.673. The molecular formula is C12H23NO. The van der Waals surface area contributed by atoms with E-state index in [9.17, 15) is 5.11 Å². The van der Waals surface area contributed by atoms with Crippen LogP contribution in [0.2, 0.25) is 0 Å². The highest BCUT2D eigenvalue weighted by Crippen LogP contribution is 2.45. The summed E-state index contributed by atoms with van der Waals surface area (Å²) in [5, 5.41) is 13.0. The van der Waals surface area contributed by atoms with Gasteiger partial charge in [-0.15, -0.1) is 0 Å². The van der Waals surface area contributed by atoms with Crippen molar-refractivity contribution in [2.24, 2.45) is 11.3 Å². The summed E-state index contributed by atoms with van der Waals surface area (Å²) < 4.78 is 0. The molecule has 0 amide bonds. The fourth-order valence-electron chi connectivity index (χ4n) is 3.19. The summed E-state index contributed by atoms with van der Waals surface area (Å²) in [6.07, 6.45) is 7.83. The van der Waals surface area contributed by atoms with Crippen LogP contribution in [0, 0.1) is 11.3 Å². The van der Waals surface area contributed by atoms with Crippen LogP contribution in [0.25, 0.3) is 0 Å². The Morgan fingerprint density at radius 2 is 1.71 bits per heavy atom. The van der Waals surface area contributed by atoms with E-state index in [1.54, 1.807) is 0 Å². The normalized spacial score (nSPS) is 30.4. The molecule has 0 aromatic carbocycles. The van der Waals surface area contributed by atoms with Crippen molar-refractivity contribution in [2.75, 3.05) is 13.1 Å². The lowest BCUT2D eigenvalue weighted by atomic mass is 9.65. The van der Waals surface area contributed by atoms with Gasteiger partial charge < -0.3 is 10.4 Å². The molecule has 2 N–H and O–H groups in total. The number of nitrogens with one attached hydrogen (secondary N) is 1. The van der Waals surface area contributed by atoms with Crippen LogP contribution < -0.4 is 5.32 Å². The van der Waals surface area contributed by atoms with E-state index < -0.39 is 0 Å². The van der Waals surface area contributed by atoms with Crippen molar-refractivity contribution in [1.29, 1.82) is 0 Å². The summed E-state index contributed by atoms with van der Waals surface area (Å²) in [5.74, 6) is 0.579. The maximum atomic E-state index is 9.55. The summed E-state index contributed by atoms with van der Waals surface area (Å²) in [6, 6.07) is 0. The highest BCUT2D eigenvalue weighted by Gasteiger charge is 2.36. The molecule has 0 aromatic heterocycles. The molecule has 82 valence electrons. The van der Waals surface area contributed by atoms with Gasteiger partial charge in [-0.3, -0.25) is 0 Å². The molecule has 1 saturated carbocycles. The lowest BCUT2D eigenvalue weighted by Gasteiger charge is -2.43. The molecule has 14 heavy (non-hydrogen) atoms. The van der Waals surface area contributed by atoms with E-state index in [1.165, 1.54) is 51.6 Å². The lowest BCUT2D eigenvalue weighted by molar-refractivity contribution is 0.0422. The molecule has 0 radical (unpaired) electrons. The van der Waals surface area contributed by atoms with Crippen molar-refractivity contribution in [1.82, 2.24) is 5.32 Å². The number of rotatable bonds is 1. The Balaban J connectivity index is 1.87. The van der Waals surface area contributed by atoms with Crippen LogP contribution in [0.3, 0.4) is 0 Å². The van der Waals surface area contributed by atoms with E-state index in [0.29, 0.717) is 11.3 Å². The Morgan fingerprint density at radius 3 is 2.21 bits per heavy atom. The van der Waals surface area contributed by atoms with Crippen LogP contribution in [-0.4, -0.2) is 24.3 Å². The first-order valence-corrected chi connectivity index (χ1v) is 6.11. The van der Waals surface area contributed by atoms with Crippen LogP contribution >= 0.6 is 0 Å². The second kappa shape index (κ2) is 4.19. The van der Waals surface area contributed by atoms with Crippen LogP contribution in [0.5, 0.6) is 0 Å². The zero-order chi connectivity index (χ0) is 10.0. The Hall–Kier alpha value is -0.0800. The Morgan fingerprint density at radius 1 is 1.14 bits per heavy atom. The average molecular weight is 197 g/mol. The molecule has 2 nitrogen and oxygen atoms in total. The minimum absolute atomic E-state index is 0.0888. The predicted molar refractivity (Wildman–Crippen MR) is 58.2 cm³/mol. The lowest BCUT2D eigenvalue weighted by Crippen LogP contribution is -2.40. The average Bonchev–Trinajstić information content (AvgIpc) is 2.19. The molecule has 1 saturated heterocycles. The standard InChI is InChI=1S/C12H23NO/c1-10(14)11-2-4-12(5-3-11)6-8-13-9-7-12/h10-11,13-14H,2-9H2,1H3. The Bertz CT molecular complexity index is 175. The summed E-state index contributed by atoms with van der Waals surface area (Å²) in [7, 11) is 0. The first-order chi connectivity index (χ1) is 6.72. The summed E-state index contributed by atoms with van der Waals surface area (Å²) in [5.41, 5.74) is 0.649.